The van der Waals surface area contributed by atoms with Gasteiger partial charge in [-0.05, 0) is 51.2 Å². The lowest BCUT2D eigenvalue weighted by atomic mass is 9.96. The van der Waals surface area contributed by atoms with Crippen LogP contribution in [-0.2, 0) is 11.2 Å². The molecule has 1 heterocycles. The number of rotatable bonds is 4. The lowest BCUT2D eigenvalue weighted by Crippen LogP contribution is -2.35. The van der Waals surface area contributed by atoms with Crippen LogP contribution in [0.4, 0.5) is 4.79 Å². The Morgan fingerprint density at radius 3 is 2.55 bits per heavy atom. The maximum absolute atomic E-state index is 12.1. The van der Waals surface area contributed by atoms with Crippen LogP contribution in [0.3, 0.4) is 0 Å². The molecule has 0 saturated carbocycles. The maximum Gasteiger partial charge on any atom is 0.410 e. The minimum absolute atomic E-state index is 0.186. The molecule has 0 spiro atoms. The standard InChI is InChI=1S/C19H29NO2/c1-5-6-7-15-8-10-16(11-9-15)17-12-13-20(14-17)18(21)22-19(2,3)4/h8-11,17H,5-7,12-14H2,1-4H3. The van der Waals surface area contributed by atoms with Crippen molar-refractivity contribution in [2.75, 3.05) is 13.1 Å². The van der Waals surface area contributed by atoms with E-state index < -0.39 is 5.60 Å². The van der Waals surface area contributed by atoms with Crippen LogP contribution in [-0.4, -0.2) is 29.7 Å². The number of amides is 1. The predicted octanol–water partition coefficient (Wildman–Crippen LogP) is 4.75. The summed E-state index contributed by atoms with van der Waals surface area (Å²) >= 11 is 0. The molecule has 1 aliphatic rings. The number of carbonyl (C=O) groups is 1. The van der Waals surface area contributed by atoms with E-state index in [0.717, 1.165) is 25.9 Å². The summed E-state index contributed by atoms with van der Waals surface area (Å²) in [5, 5.41) is 0. The van der Waals surface area contributed by atoms with Crippen molar-refractivity contribution in [2.45, 2.75) is 64.9 Å². The summed E-state index contributed by atoms with van der Waals surface area (Å²) in [5.74, 6) is 0.438. The topological polar surface area (TPSA) is 29.5 Å². The lowest BCUT2D eigenvalue weighted by Gasteiger charge is -2.24. The number of ether oxygens (including phenoxy) is 1. The van der Waals surface area contributed by atoms with Crippen LogP contribution >= 0.6 is 0 Å². The van der Waals surface area contributed by atoms with E-state index in [2.05, 4.69) is 31.2 Å². The Kier molecular flexibility index (Phi) is 5.49. The second-order valence-corrected chi connectivity index (χ2v) is 7.26. The molecule has 1 atom stereocenters. The fourth-order valence-electron chi connectivity index (χ4n) is 2.86. The van der Waals surface area contributed by atoms with Crippen molar-refractivity contribution >= 4 is 6.09 Å². The normalized spacial score (nSPS) is 18.5. The average Bonchev–Trinajstić information content (AvgIpc) is 2.94. The van der Waals surface area contributed by atoms with Crippen molar-refractivity contribution in [2.24, 2.45) is 0 Å². The molecule has 0 radical (unpaired) electrons. The van der Waals surface area contributed by atoms with Crippen LogP contribution in [0.2, 0.25) is 0 Å². The number of hydrogen-bond acceptors (Lipinski definition) is 2. The van der Waals surface area contributed by atoms with Crippen LogP contribution in [0, 0.1) is 0 Å². The molecule has 22 heavy (non-hydrogen) atoms. The van der Waals surface area contributed by atoms with Crippen LogP contribution < -0.4 is 0 Å². The molecule has 1 unspecified atom stereocenters. The molecular formula is C19H29NO2. The third kappa shape index (κ3) is 4.75. The lowest BCUT2D eigenvalue weighted by molar-refractivity contribution is 0.0292. The second kappa shape index (κ2) is 7.17. The molecule has 0 N–H and O–H groups in total. The highest BCUT2D eigenvalue weighted by atomic mass is 16.6. The molecular weight excluding hydrogens is 274 g/mol. The quantitative estimate of drug-likeness (QED) is 0.803. The highest BCUT2D eigenvalue weighted by Gasteiger charge is 2.30. The first-order chi connectivity index (χ1) is 10.4. The summed E-state index contributed by atoms with van der Waals surface area (Å²) < 4.78 is 5.46. The SMILES string of the molecule is CCCCc1ccc(C2CCN(C(=O)OC(C)(C)C)C2)cc1. The van der Waals surface area contributed by atoms with Gasteiger partial charge in [-0.3, -0.25) is 0 Å². The van der Waals surface area contributed by atoms with Crippen LogP contribution in [0.15, 0.2) is 24.3 Å². The second-order valence-electron chi connectivity index (χ2n) is 7.26. The molecule has 1 aromatic carbocycles. The third-order valence-electron chi connectivity index (χ3n) is 4.11. The van der Waals surface area contributed by atoms with Gasteiger partial charge in [0.05, 0.1) is 0 Å². The van der Waals surface area contributed by atoms with Gasteiger partial charge >= 0.3 is 6.09 Å². The molecule has 2 rings (SSSR count). The predicted molar refractivity (Wildman–Crippen MR) is 90.2 cm³/mol. The Bertz CT molecular complexity index is 487. The van der Waals surface area contributed by atoms with Gasteiger partial charge in [-0.25, -0.2) is 4.79 Å². The van der Waals surface area contributed by atoms with Crippen molar-refractivity contribution in [3.63, 3.8) is 0 Å². The summed E-state index contributed by atoms with van der Waals surface area (Å²) in [6.07, 6.45) is 4.47. The number of nitrogens with zero attached hydrogens (tertiary/aromatic N) is 1. The first-order valence-electron chi connectivity index (χ1n) is 8.46. The van der Waals surface area contributed by atoms with E-state index in [-0.39, 0.29) is 6.09 Å². The van der Waals surface area contributed by atoms with Gasteiger partial charge in [0.25, 0.3) is 0 Å². The van der Waals surface area contributed by atoms with Crippen molar-refractivity contribution in [1.29, 1.82) is 0 Å². The van der Waals surface area contributed by atoms with Crippen LogP contribution in [0.25, 0.3) is 0 Å². The van der Waals surface area contributed by atoms with Gasteiger partial charge in [0.15, 0.2) is 0 Å². The Labute approximate surface area is 134 Å². The number of hydrogen-bond donors (Lipinski definition) is 0. The molecule has 1 amide bonds. The first-order valence-corrected chi connectivity index (χ1v) is 8.46. The number of aryl methyl sites for hydroxylation is 1. The zero-order valence-electron chi connectivity index (χ0n) is 14.4. The molecule has 1 aliphatic heterocycles. The van der Waals surface area contributed by atoms with Gasteiger partial charge in [-0.15, -0.1) is 0 Å². The largest absolute Gasteiger partial charge is 0.444 e. The van der Waals surface area contributed by atoms with Crippen molar-refractivity contribution < 1.29 is 9.53 Å². The maximum atomic E-state index is 12.1. The van der Waals surface area contributed by atoms with Crippen LogP contribution in [0.5, 0.6) is 0 Å². The van der Waals surface area contributed by atoms with E-state index in [1.54, 1.807) is 0 Å². The molecule has 1 fully saturated rings. The van der Waals surface area contributed by atoms with Gasteiger partial charge in [0, 0.05) is 19.0 Å². The minimum atomic E-state index is -0.421. The van der Waals surface area contributed by atoms with Crippen molar-refractivity contribution in [3.05, 3.63) is 35.4 Å². The summed E-state index contributed by atoms with van der Waals surface area (Å²) in [7, 11) is 0. The van der Waals surface area contributed by atoms with E-state index in [4.69, 9.17) is 4.74 Å². The number of benzene rings is 1. The molecule has 0 aromatic heterocycles. The van der Waals surface area contributed by atoms with Gasteiger partial charge in [0.1, 0.15) is 5.60 Å². The third-order valence-corrected chi connectivity index (χ3v) is 4.11. The molecule has 3 nitrogen and oxygen atoms in total. The number of unbranched alkanes of at least 4 members (excludes halogenated alkanes) is 1. The van der Waals surface area contributed by atoms with Gasteiger partial charge in [-0.2, -0.15) is 0 Å². The molecule has 122 valence electrons. The summed E-state index contributed by atoms with van der Waals surface area (Å²) in [4.78, 5) is 13.9. The summed E-state index contributed by atoms with van der Waals surface area (Å²) in [5.41, 5.74) is 2.33. The molecule has 1 saturated heterocycles. The highest BCUT2D eigenvalue weighted by Crippen LogP contribution is 2.28. The Morgan fingerprint density at radius 2 is 1.95 bits per heavy atom. The van der Waals surface area contributed by atoms with Crippen molar-refractivity contribution in [3.8, 4) is 0 Å². The van der Waals surface area contributed by atoms with Gasteiger partial charge in [0.2, 0.25) is 0 Å². The molecule has 0 aliphatic carbocycles. The minimum Gasteiger partial charge on any atom is -0.444 e. The Morgan fingerprint density at radius 1 is 1.27 bits per heavy atom. The zero-order chi connectivity index (χ0) is 16.2. The fraction of sp³-hybridized carbons (Fsp3) is 0.632. The van der Waals surface area contributed by atoms with Crippen molar-refractivity contribution in [1.82, 2.24) is 4.90 Å². The summed E-state index contributed by atoms with van der Waals surface area (Å²) in [6, 6.07) is 8.94. The number of likely N-dealkylation sites (tertiary alicyclic amines) is 1. The van der Waals surface area contributed by atoms with E-state index in [0.29, 0.717) is 5.92 Å². The Balaban J connectivity index is 1.91. The zero-order valence-corrected chi connectivity index (χ0v) is 14.4. The molecule has 3 heteroatoms. The fourth-order valence-corrected chi connectivity index (χ4v) is 2.86. The van der Waals surface area contributed by atoms with Gasteiger partial charge < -0.3 is 9.64 Å². The number of carbonyl (C=O) groups excluding carboxylic acids is 1. The average molecular weight is 303 g/mol. The smallest absolute Gasteiger partial charge is 0.410 e. The summed E-state index contributed by atoms with van der Waals surface area (Å²) in [6.45, 7) is 9.51. The van der Waals surface area contributed by atoms with E-state index >= 15 is 0 Å². The van der Waals surface area contributed by atoms with E-state index in [9.17, 15) is 4.79 Å². The van der Waals surface area contributed by atoms with Gasteiger partial charge in [-0.1, -0.05) is 37.6 Å². The highest BCUT2D eigenvalue weighted by molar-refractivity contribution is 5.68. The Hall–Kier alpha value is -1.51. The van der Waals surface area contributed by atoms with E-state index in [1.165, 1.54) is 24.0 Å². The van der Waals surface area contributed by atoms with Crippen LogP contribution in [0.1, 0.15) is 64.0 Å². The molecule has 0 bridgehead atoms. The van der Waals surface area contributed by atoms with E-state index in [1.807, 2.05) is 25.7 Å². The first kappa shape index (κ1) is 16.9. The molecule has 1 aromatic rings. The monoisotopic (exact) mass is 303 g/mol.